The van der Waals surface area contributed by atoms with Crippen LogP contribution in [0.3, 0.4) is 0 Å². The largest absolute Gasteiger partial charge is 0.392 e. The fourth-order valence-corrected chi connectivity index (χ4v) is 1.30. The lowest BCUT2D eigenvalue weighted by atomic mass is 9.89. The van der Waals surface area contributed by atoms with E-state index in [2.05, 4.69) is 6.58 Å². The van der Waals surface area contributed by atoms with Gasteiger partial charge in [0.2, 0.25) is 0 Å². The smallest absolute Gasteiger partial charge is 0.0784 e. The van der Waals surface area contributed by atoms with Crippen molar-refractivity contribution >= 4 is 0 Å². The summed E-state index contributed by atoms with van der Waals surface area (Å²) in [4.78, 5) is 0. The van der Waals surface area contributed by atoms with E-state index in [9.17, 15) is 5.11 Å². The Labute approximate surface area is 66.9 Å². The van der Waals surface area contributed by atoms with Gasteiger partial charge >= 0.3 is 0 Å². The third kappa shape index (κ3) is 2.17. The highest BCUT2D eigenvalue weighted by atomic mass is 16.3. The molecule has 2 N–H and O–H groups in total. The van der Waals surface area contributed by atoms with Crippen LogP contribution >= 0.6 is 0 Å². The van der Waals surface area contributed by atoms with Crippen molar-refractivity contribution < 1.29 is 10.2 Å². The Morgan fingerprint density at radius 2 is 2.27 bits per heavy atom. The van der Waals surface area contributed by atoms with Crippen LogP contribution in [0.1, 0.15) is 19.3 Å². The number of hydrogen-bond donors (Lipinski definition) is 2. The molecule has 1 atom stereocenters. The third-order valence-corrected chi connectivity index (χ3v) is 2.07. The van der Waals surface area contributed by atoms with Crippen molar-refractivity contribution in [1.82, 2.24) is 0 Å². The molecule has 1 fully saturated rings. The summed E-state index contributed by atoms with van der Waals surface area (Å²) < 4.78 is 0. The lowest BCUT2D eigenvalue weighted by Gasteiger charge is -2.21. The summed E-state index contributed by atoms with van der Waals surface area (Å²) >= 11 is 0. The van der Waals surface area contributed by atoms with Crippen LogP contribution in [0.2, 0.25) is 0 Å². The molecule has 0 saturated heterocycles. The Morgan fingerprint density at radius 1 is 1.55 bits per heavy atom. The number of aliphatic hydroxyl groups excluding tert-OH is 2. The van der Waals surface area contributed by atoms with Gasteiger partial charge in [0.25, 0.3) is 0 Å². The normalized spacial score (nSPS) is 29.5. The lowest BCUT2D eigenvalue weighted by molar-refractivity contribution is 0.197. The van der Waals surface area contributed by atoms with Crippen LogP contribution in [0, 0.1) is 0 Å². The predicted octanol–water partition coefficient (Wildman–Crippen LogP) is 1.01. The molecule has 1 rings (SSSR count). The zero-order valence-electron chi connectivity index (χ0n) is 6.58. The number of aliphatic hydroxyl groups is 2. The van der Waals surface area contributed by atoms with E-state index in [1.807, 2.05) is 0 Å². The van der Waals surface area contributed by atoms with Crippen LogP contribution in [0.25, 0.3) is 0 Å². The highest BCUT2D eigenvalue weighted by molar-refractivity contribution is 5.18. The summed E-state index contributed by atoms with van der Waals surface area (Å²) in [5.74, 6) is 0. The van der Waals surface area contributed by atoms with Gasteiger partial charge in [-0.2, -0.15) is 0 Å². The summed E-state index contributed by atoms with van der Waals surface area (Å²) in [6.45, 7) is 3.83. The van der Waals surface area contributed by atoms with Crippen molar-refractivity contribution in [2.45, 2.75) is 25.4 Å². The van der Waals surface area contributed by atoms with E-state index in [1.165, 1.54) is 0 Å². The van der Waals surface area contributed by atoms with Crippen molar-refractivity contribution in [3.63, 3.8) is 0 Å². The molecule has 0 amide bonds. The van der Waals surface area contributed by atoms with Gasteiger partial charge < -0.3 is 10.2 Å². The van der Waals surface area contributed by atoms with Gasteiger partial charge in [0.05, 0.1) is 12.7 Å². The van der Waals surface area contributed by atoms with Gasteiger partial charge in [-0.05, 0) is 24.8 Å². The topological polar surface area (TPSA) is 40.5 Å². The molecule has 2 heteroatoms. The van der Waals surface area contributed by atoms with Crippen molar-refractivity contribution in [2.24, 2.45) is 0 Å². The molecule has 0 radical (unpaired) electrons. The standard InChI is InChI=1S/C9H14O2/c1-7-2-3-8(4-5-10)6-9(7)11/h4,9-11H,1-3,5-6H2/b8-4-/t9-/m1/s1. The molecular formula is C9H14O2. The van der Waals surface area contributed by atoms with Crippen LogP contribution in [0.5, 0.6) is 0 Å². The maximum Gasteiger partial charge on any atom is 0.0784 e. The monoisotopic (exact) mass is 154 g/mol. The molecular weight excluding hydrogens is 140 g/mol. The van der Waals surface area contributed by atoms with Gasteiger partial charge in [-0.25, -0.2) is 0 Å². The molecule has 0 spiro atoms. The van der Waals surface area contributed by atoms with E-state index in [-0.39, 0.29) is 12.7 Å². The van der Waals surface area contributed by atoms with Crippen molar-refractivity contribution in [1.29, 1.82) is 0 Å². The second kappa shape index (κ2) is 3.69. The molecule has 0 aromatic heterocycles. The molecule has 1 aliphatic rings. The Bertz CT molecular complexity index is 182. The molecule has 0 aliphatic heterocycles. The van der Waals surface area contributed by atoms with E-state index in [1.54, 1.807) is 6.08 Å². The highest BCUT2D eigenvalue weighted by Gasteiger charge is 2.16. The van der Waals surface area contributed by atoms with Gasteiger partial charge in [0.1, 0.15) is 0 Å². The summed E-state index contributed by atoms with van der Waals surface area (Å²) in [6.07, 6.45) is 3.83. The Kier molecular flexibility index (Phi) is 2.85. The van der Waals surface area contributed by atoms with E-state index in [0.29, 0.717) is 6.42 Å². The van der Waals surface area contributed by atoms with Crippen LogP contribution in [-0.2, 0) is 0 Å². The molecule has 2 nitrogen and oxygen atoms in total. The minimum absolute atomic E-state index is 0.0779. The molecule has 0 bridgehead atoms. The number of rotatable bonds is 1. The molecule has 1 saturated carbocycles. The van der Waals surface area contributed by atoms with Gasteiger partial charge in [-0.15, -0.1) is 0 Å². The molecule has 62 valence electrons. The van der Waals surface area contributed by atoms with Crippen LogP contribution in [-0.4, -0.2) is 22.9 Å². The molecule has 0 aromatic rings. The highest BCUT2D eigenvalue weighted by Crippen LogP contribution is 2.26. The Hall–Kier alpha value is -0.600. The molecule has 11 heavy (non-hydrogen) atoms. The molecule has 0 aromatic carbocycles. The van der Waals surface area contributed by atoms with E-state index in [4.69, 9.17) is 5.11 Å². The average Bonchev–Trinajstić information content (AvgIpc) is 1.98. The quantitative estimate of drug-likeness (QED) is 0.553. The first-order valence-corrected chi connectivity index (χ1v) is 3.88. The van der Waals surface area contributed by atoms with Crippen molar-refractivity contribution in [2.75, 3.05) is 6.61 Å². The SMILES string of the molecule is C=C1CC/C(=C/CO)C[C@H]1O. The lowest BCUT2D eigenvalue weighted by Crippen LogP contribution is -2.16. The van der Waals surface area contributed by atoms with Gasteiger partial charge in [0, 0.05) is 0 Å². The average molecular weight is 154 g/mol. The van der Waals surface area contributed by atoms with Crippen LogP contribution < -0.4 is 0 Å². The first-order valence-electron chi connectivity index (χ1n) is 3.88. The zero-order chi connectivity index (χ0) is 8.27. The first kappa shape index (κ1) is 8.50. The van der Waals surface area contributed by atoms with Crippen LogP contribution in [0.4, 0.5) is 0 Å². The Morgan fingerprint density at radius 3 is 2.82 bits per heavy atom. The van der Waals surface area contributed by atoms with Gasteiger partial charge in [0.15, 0.2) is 0 Å². The van der Waals surface area contributed by atoms with Crippen molar-refractivity contribution in [3.05, 3.63) is 23.8 Å². The van der Waals surface area contributed by atoms with Gasteiger partial charge in [-0.3, -0.25) is 0 Å². The maximum absolute atomic E-state index is 9.35. The summed E-state index contributed by atoms with van der Waals surface area (Å²) in [6, 6.07) is 0. The van der Waals surface area contributed by atoms with E-state index in [0.717, 1.165) is 24.0 Å². The summed E-state index contributed by atoms with van der Waals surface area (Å²) in [7, 11) is 0. The predicted molar refractivity (Wildman–Crippen MR) is 44.2 cm³/mol. The second-order valence-electron chi connectivity index (χ2n) is 2.92. The summed E-state index contributed by atoms with van der Waals surface area (Å²) in [5.41, 5.74) is 2.06. The minimum Gasteiger partial charge on any atom is -0.392 e. The van der Waals surface area contributed by atoms with E-state index >= 15 is 0 Å². The molecule has 0 heterocycles. The first-order chi connectivity index (χ1) is 5.24. The third-order valence-electron chi connectivity index (χ3n) is 2.07. The molecule has 0 unspecified atom stereocenters. The minimum atomic E-state index is -0.387. The number of hydrogen-bond acceptors (Lipinski definition) is 2. The van der Waals surface area contributed by atoms with E-state index < -0.39 is 0 Å². The zero-order valence-corrected chi connectivity index (χ0v) is 6.58. The fourth-order valence-electron chi connectivity index (χ4n) is 1.30. The Balaban J connectivity index is 2.52. The second-order valence-corrected chi connectivity index (χ2v) is 2.92. The summed E-state index contributed by atoms with van der Waals surface area (Å²) in [5, 5.41) is 17.9. The maximum atomic E-state index is 9.35. The molecule has 1 aliphatic carbocycles. The van der Waals surface area contributed by atoms with Gasteiger partial charge in [-0.1, -0.05) is 18.2 Å². The fraction of sp³-hybridized carbons (Fsp3) is 0.556. The van der Waals surface area contributed by atoms with Crippen molar-refractivity contribution in [3.8, 4) is 0 Å². The van der Waals surface area contributed by atoms with Crippen LogP contribution in [0.15, 0.2) is 23.8 Å².